The zero-order chi connectivity index (χ0) is 22.8. The summed E-state index contributed by atoms with van der Waals surface area (Å²) in [4.78, 5) is 22.4. The predicted octanol–water partition coefficient (Wildman–Crippen LogP) is -2.35. The van der Waals surface area contributed by atoms with Gasteiger partial charge in [-0.05, 0) is 12.8 Å². The summed E-state index contributed by atoms with van der Waals surface area (Å²) in [6, 6.07) is -0.507. The van der Waals surface area contributed by atoms with Gasteiger partial charge in [-0.3, -0.25) is 4.79 Å². The van der Waals surface area contributed by atoms with Gasteiger partial charge in [-0.25, -0.2) is 4.79 Å². The smallest absolute Gasteiger partial charge is 0.314 e. The second-order valence-electron chi connectivity index (χ2n) is 7.07. The topological polar surface area (TPSA) is 198 Å². The minimum absolute atomic E-state index is 0.0799. The van der Waals surface area contributed by atoms with E-state index in [0.29, 0.717) is 25.8 Å². The monoisotopic (exact) mass is 440 g/mol. The lowest BCUT2D eigenvalue weighted by Gasteiger charge is -2.33. The van der Waals surface area contributed by atoms with Gasteiger partial charge in [-0.1, -0.05) is 6.42 Å². The Morgan fingerprint density at radius 1 is 0.800 bits per heavy atom. The third-order valence-electron chi connectivity index (χ3n) is 4.38. The molecule has 0 rings (SSSR count). The van der Waals surface area contributed by atoms with Crippen LogP contribution in [0.5, 0.6) is 0 Å². The van der Waals surface area contributed by atoms with E-state index in [2.05, 4.69) is 10.6 Å². The van der Waals surface area contributed by atoms with E-state index in [4.69, 9.17) is 35.0 Å². The van der Waals surface area contributed by atoms with E-state index in [-0.39, 0.29) is 26.2 Å². The van der Waals surface area contributed by atoms with Gasteiger partial charge in [0.15, 0.2) is 0 Å². The molecule has 2 amide bonds. The van der Waals surface area contributed by atoms with Crippen molar-refractivity contribution >= 4 is 12.0 Å². The first-order valence-corrected chi connectivity index (χ1v) is 9.87. The average Bonchev–Trinajstić information content (AvgIpc) is 2.75. The number of amides is 2. The lowest BCUT2D eigenvalue weighted by Crippen LogP contribution is -2.50. The first kappa shape index (κ1) is 28.5. The number of carboxylic acids is 1. The second kappa shape index (κ2) is 17.2. The number of ether oxygens (including phenoxy) is 2. The van der Waals surface area contributed by atoms with E-state index in [1.807, 2.05) is 0 Å². The molecule has 0 aromatic rings. The third kappa shape index (κ3) is 12.9. The third-order valence-corrected chi connectivity index (χ3v) is 4.38. The van der Waals surface area contributed by atoms with Crippen LogP contribution in [0.3, 0.4) is 0 Å². The Balaban J connectivity index is 4.64. The van der Waals surface area contributed by atoms with Crippen LogP contribution in [0.4, 0.5) is 4.79 Å². The molecule has 30 heavy (non-hydrogen) atoms. The van der Waals surface area contributed by atoms with Crippen LogP contribution in [0.25, 0.3) is 0 Å². The molecule has 0 saturated carbocycles. The SMILES string of the molecule is O=C(O)CCCCCNC(=O)NCC(CO)(COC(CO)CO)COC(CO)CO. The van der Waals surface area contributed by atoms with Crippen molar-refractivity contribution in [2.75, 3.05) is 59.3 Å². The zero-order valence-corrected chi connectivity index (χ0v) is 17.2. The van der Waals surface area contributed by atoms with Crippen molar-refractivity contribution in [1.82, 2.24) is 10.6 Å². The number of carbonyl (C=O) groups is 2. The standard InChI is InChI=1S/C18H36N2O10/c21-6-14(7-22)29-12-18(11-25,13-30-15(8-23)9-24)10-20-17(28)19-5-3-1-2-4-16(26)27/h14-15,21-25H,1-13H2,(H,26,27)(H2,19,20,28). The first-order valence-electron chi connectivity index (χ1n) is 9.87. The normalized spacial score (nSPS) is 11.8. The van der Waals surface area contributed by atoms with Gasteiger partial charge in [0.1, 0.15) is 12.2 Å². The number of urea groups is 1. The molecule has 0 unspecified atom stereocenters. The highest BCUT2D eigenvalue weighted by Gasteiger charge is 2.33. The largest absolute Gasteiger partial charge is 0.481 e. The van der Waals surface area contributed by atoms with E-state index >= 15 is 0 Å². The second-order valence-corrected chi connectivity index (χ2v) is 7.07. The Kier molecular flexibility index (Phi) is 16.3. The van der Waals surface area contributed by atoms with Gasteiger partial charge in [0.2, 0.25) is 0 Å². The maximum Gasteiger partial charge on any atom is 0.314 e. The van der Waals surface area contributed by atoms with Gasteiger partial charge in [0.25, 0.3) is 0 Å². The first-order chi connectivity index (χ1) is 14.4. The van der Waals surface area contributed by atoms with E-state index in [1.54, 1.807) is 0 Å². The number of carboxylic acid groups (broad SMARTS) is 1. The lowest BCUT2D eigenvalue weighted by molar-refractivity contribution is -0.137. The summed E-state index contributed by atoms with van der Waals surface area (Å²) >= 11 is 0. The molecule has 0 bridgehead atoms. The fraction of sp³-hybridized carbons (Fsp3) is 0.889. The Morgan fingerprint density at radius 2 is 1.33 bits per heavy atom. The number of hydrogen-bond acceptors (Lipinski definition) is 9. The van der Waals surface area contributed by atoms with Crippen LogP contribution in [0.2, 0.25) is 0 Å². The number of aliphatic carboxylic acids is 1. The van der Waals surface area contributed by atoms with Crippen LogP contribution in [0.1, 0.15) is 25.7 Å². The fourth-order valence-corrected chi connectivity index (χ4v) is 2.32. The zero-order valence-electron chi connectivity index (χ0n) is 17.2. The molecule has 12 heteroatoms. The molecule has 12 nitrogen and oxygen atoms in total. The van der Waals surface area contributed by atoms with Crippen molar-refractivity contribution in [2.45, 2.75) is 37.9 Å². The Hall–Kier alpha value is -1.54. The fourth-order valence-electron chi connectivity index (χ4n) is 2.32. The lowest BCUT2D eigenvalue weighted by atomic mass is 9.90. The van der Waals surface area contributed by atoms with Crippen LogP contribution in [-0.2, 0) is 14.3 Å². The van der Waals surface area contributed by atoms with Crippen molar-refractivity contribution < 1.29 is 49.7 Å². The number of nitrogens with one attached hydrogen (secondary N) is 2. The van der Waals surface area contributed by atoms with Crippen LogP contribution < -0.4 is 10.6 Å². The van der Waals surface area contributed by atoms with Crippen molar-refractivity contribution in [3.8, 4) is 0 Å². The summed E-state index contributed by atoms with van der Waals surface area (Å²) in [6.45, 7) is -2.32. The predicted molar refractivity (Wildman–Crippen MR) is 105 cm³/mol. The van der Waals surface area contributed by atoms with E-state index < -0.39 is 62.7 Å². The number of carbonyl (C=O) groups excluding carboxylic acids is 1. The molecule has 178 valence electrons. The van der Waals surface area contributed by atoms with Crippen molar-refractivity contribution in [3.63, 3.8) is 0 Å². The molecular formula is C18H36N2O10. The van der Waals surface area contributed by atoms with Gasteiger partial charge in [0.05, 0.1) is 51.7 Å². The molecule has 0 radical (unpaired) electrons. The Labute approximate surface area is 175 Å². The molecule has 0 fully saturated rings. The summed E-state index contributed by atoms with van der Waals surface area (Å²) in [5, 5.41) is 60.2. The van der Waals surface area contributed by atoms with Crippen LogP contribution in [0, 0.1) is 5.41 Å². The molecule has 0 heterocycles. The number of rotatable bonds is 19. The van der Waals surface area contributed by atoms with E-state index in [9.17, 15) is 14.7 Å². The number of aliphatic hydroxyl groups excluding tert-OH is 5. The van der Waals surface area contributed by atoms with Crippen molar-refractivity contribution in [1.29, 1.82) is 0 Å². The minimum Gasteiger partial charge on any atom is -0.481 e. The van der Waals surface area contributed by atoms with Gasteiger partial charge in [-0.15, -0.1) is 0 Å². The molecule has 0 spiro atoms. The van der Waals surface area contributed by atoms with Crippen LogP contribution >= 0.6 is 0 Å². The molecule has 0 aromatic carbocycles. The maximum absolute atomic E-state index is 12.0. The van der Waals surface area contributed by atoms with Gasteiger partial charge in [0, 0.05) is 19.5 Å². The van der Waals surface area contributed by atoms with E-state index in [1.165, 1.54) is 0 Å². The highest BCUT2D eigenvalue weighted by molar-refractivity contribution is 5.73. The summed E-state index contributed by atoms with van der Waals surface area (Å²) in [7, 11) is 0. The molecule has 0 aromatic heterocycles. The highest BCUT2D eigenvalue weighted by atomic mass is 16.5. The van der Waals surface area contributed by atoms with Crippen LogP contribution in [-0.4, -0.2) is 114 Å². The van der Waals surface area contributed by atoms with Crippen LogP contribution in [0.15, 0.2) is 0 Å². The number of hydrogen-bond donors (Lipinski definition) is 8. The number of aliphatic hydroxyl groups is 5. The quantitative estimate of drug-likeness (QED) is 0.101. The van der Waals surface area contributed by atoms with Gasteiger partial charge in [-0.2, -0.15) is 0 Å². The average molecular weight is 440 g/mol. The van der Waals surface area contributed by atoms with Crippen molar-refractivity contribution in [2.24, 2.45) is 5.41 Å². The molecule has 0 atom stereocenters. The summed E-state index contributed by atoms with van der Waals surface area (Å²) in [6.07, 6.45) is 0.124. The highest BCUT2D eigenvalue weighted by Crippen LogP contribution is 2.19. The van der Waals surface area contributed by atoms with Gasteiger partial charge >= 0.3 is 12.0 Å². The molecular weight excluding hydrogens is 404 g/mol. The van der Waals surface area contributed by atoms with E-state index in [0.717, 1.165) is 0 Å². The summed E-state index contributed by atoms with van der Waals surface area (Å²) in [5.74, 6) is -0.861. The molecule has 8 N–H and O–H groups in total. The number of unbranched alkanes of at least 4 members (excludes halogenated alkanes) is 2. The molecule has 0 aliphatic rings. The minimum atomic E-state index is -1.15. The van der Waals surface area contributed by atoms with Gasteiger partial charge < -0.3 is 50.7 Å². The summed E-state index contributed by atoms with van der Waals surface area (Å²) in [5.41, 5.74) is -1.15. The Bertz CT molecular complexity index is 442. The molecule has 0 aliphatic carbocycles. The van der Waals surface area contributed by atoms with Crippen molar-refractivity contribution in [3.05, 3.63) is 0 Å². The summed E-state index contributed by atoms with van der Waals surface area (Å²) < 4.78 is 10.8. The molecule has 0 saturated heterocycles. The Morgan fingerprint density at radius 3 is 1.77 bits per heavy atom. The molecule has 0 aliphatic heterocycles. The maximum atomic E-state index is 12.0.